The number of benzene rings is 1. The van der Waals surface area contributed by atoms with E-state index in [2.05, 4.69) is 16.0 Å². The summed E-state index contributed by atoms with van der Waals surface area (Å²) in [5, 5.41) is 3.01. The number of anilines is 1. The number of aryl methyl sites for hydroxylation is 2. The predicted molar refractivity (Wildman–Crippen MR) is 124 cm³/mol. The van der Waals surface area contributed by atoms with Crippen molar-refractivity contribution in [1.82, 2.24) is 23.7 Å². The molecule has 9 nitrogen and oxygen atoms in total. The standard InChI is InChI=1S/C21H19ClN6O3S/c1-11-23-14(10-32-11)12-4-5-15-13(8-12)6-7-27(15)16(29)9-28-17-18(24-20(28)22)25(2)21(31)26(3)19(17)30/h4-5,8,10H,6-7,9H2,1-3H3. The lowest BCUT2D eigenvalue weighted by Crippen LogP contribution is -2.38. The van der Waals surface area contributed by atoms with E-state index in [-0.39, 0.29) is 28.9 Å². The van der Waals surface area contributed by atoms with Crippen molar-refractivity contribution < 1.29 is 4.79 Å². The number of thiazole rings is 1. The summed E-state index contributed by atoms with van der Waals surface area (Å²) in [6.45, 7) is 2.35. The van der Waals surface area contributed by atoms with Gasteiger partial charge in [-0.3, -0.25) is 23.3 Å². The molecule has 11 heteroatoms. The van der Waals surface area contributed by atoms with Gasteiger partial charge in [-0.25, -0.2) is 9.78 Å². The van der Waals surface area contributed by atoms with Crippen LogP contribution in [0.5, 0.6) is 0 Å². The van der Waals surface area contributed by atoms with Crippen molar-refractivity contribution >= 4 is 45.7 Å². The fraction of sp³-hybridized carbons (Fsp3) is 0.286. The Hall–Kier alpha value is -3.24. The average Bonchev–Trinajstić information content (AvgIpc) is 3.48. The summed E-state index contributed by atoms with van der Waals surface area (Å²) in [7, 11) is 2.90. The molecular formula is C21H19ClN6O3S. The fourth-order valence-corrected chi connectivity index (χ4v) is 4.95. The maximum absolute atomic E-state index is 13.2. The molecule has 164 valence electrons. The third-order valence-corrected chi connectivity index (χ3v) is 6.85. The smallest absolute Gasteiger partial charge is 0.310 e. The van der Waals surface area contributed by atoms with Crippen LogP contribution in [0.4, 0.5) is 5.69 Å². The highest BCUT2D eigenvalue weighted by Gasteiger charge is 2.27. The minimum absolute atomic E-state index is 0.0136. The summed E-state index contributed by atoms with van der Waals surface area (Å²) in [6, 6.07) is 5.97. The summed E-state index contributed by atoms with van der Waals surface area (Å²) in [6.07, 6.45) is 0.729. The van der Waals surface area contributed by atoms with E-state index in [1.165, 1.54) is 23.2 Å². The third-order valence-electron chi connectivity index (χ3n) is 5.79. The molecule has 0 radical (unpaired) electrons. The van der Waals surface area contributed by atoms with Crippen LogP contribution < -0.4 is 16.1 Å². The van der Waals surface area contributed by atoms with Crippen LogP contribution in [-0.4, -0.2) is 36.1 Å². The van der Waals surface area contributed by atoms with Crippen molar-refractivity contribution in [3.63, 3.8) is 0 Å². The maximum atomic E-state index is 13.2. The highest BCUT2D eigenvalue weighted by atomic mass is 35.5. The van der Waals surface area contributed by atoms with Gasteiger partial charge in [-0.15, -0.1) is 11.3 Å². The minimum Gasteiger partial charge on any atom is -0.310 e. The fourth-order valence-electron chi connectivity index (χ4n) is 4.10. The van der Waals surface area contributed by atoms with Gasteiger partial charge in [-0.1, -0.05) is 6.07 Å². The molecule has 0 fully saturated rings. The van der Waals surface area contributed by atoms with Crippen molar-refractivity contribution in [3.05, 3.63) is 60.3 Å². The number of rotatable bonds is 3. The van der Waals surface area contributed by atoms with Crippen LogP contribution in [0.1, 0.15) is 10.6 Å². The summed E-state index contributed by atoms with van der Waals surface area (Å²) >= 11 is 7.87. The molecule has 1 aliphatic heterocycles. The Morgan fingerprint density at radius 3 is 2.69 bits per heavy atom. The molecule has 0 saturated carbocycles. The number of nitrogens with zero attached hydrogens (tertiary/aromatic N) is 6. The van der Waals surface area contributed by atoms with E-state index in [1.54, 1.807) is 16.2 Å². The first-order valence-electron chi connectivity index (χ1n) is 9.94. The van der Waals surface area contributed by atoms with Gasteiger partial charge in [0.15, 0.2) is 11.2 Å². The second kappa shape index (κ2) is 7.42. The number of aromatic nitrogens is 5. The average molecular weight is 471 g/mol. The molecule has 32 heavy (non-hydrogen) atoms. The van der Waals surface area contributed by atoms with Gasteiger partial charge < -0.3 is 4.90 Å². The molecule has 0 saturated heterocycles. The van der Waals surface area contributed by atoms with E-state index in [4.69, 9.17) is 11.6 Å². The quantitative estimate of drug-likeness (QED) is 0.427. The lowest BCUT2D eigenvalue weighted by molar-refractivity contribution is -0.119. The maximum Gasteiger partial charge on any atom is 0.332 e. The number of halogens is 1. The normalized spacial score (nSPS) is 13.2. The molecule has 4 heterocycles. The third kappa shape index (κ3) is 3.09. The molecule has 1 aliphatic rings. The zero-order valence-corrected chi connectivity index (χ0v) is 19.2. The van der Waals surface area contributed by atoms with Gasteiger partial charge in [-0.05, 0) is 42.6 Å². The lowest BCUT2D eigenvalue weighted by Gasteiger charge is -2.18. The van der Waals surface area contributed by atoms with Gasteiger partial charge in [0.25, 0.3) is 5.56 Å². The summed E-state index contributed by atoms with van der Waals surface area (Å²) in [4.78, 5) is 48.5. The van der Waals surface area contributed by atoms with Crippen molar-refractivity contribution in [2.45, 2.75) is 19.9 Å². The largest absolute Gasteiger partial charge is 0.332 e. The van der Waals surface area contributed by atoms with Gasteiger partial charge in [-0.2, -0.15) is 4.98 Å². The Kier molecular flexibility index (Phi) is 4.79. The number of imidazole rings is 1. The van der Waals surface area contributed by atoms with Crippen LogP contribution in [0.2, 0.25) is 5.28 Å². The number of amides is 1. The van der Waals surface area contributed by atoms with Crippen LogP contribution in [0.25, 0.3) is 22.4 Å². The van der Waals surface area contributed by atoms with Gasteiger partial charge >= 0.3 is 5.69 Å². The second-order valence-corrected chi connectivity index (χ2v) is 9.14. The van der Waals surface area contributed by atoms with E-state index in [9.17, 15) is 14.4 Å². The zero-order valence-electron chi connectivity index (χ0n) is 17.6. The number of carbonyl (C=O) groups excluding carboxylic acids is 1. The number of hydrogen-bond acceptors (Lipinski definition) is 6. The monoisotopic (exact) mass is 470 g/mol. The number of hydrogen-bond donors (Lipinski definition) is 0. The molecule has 0 atom stereocenters. The van der Waals surface area contributed by atoms with Crippen LogP contribution in [0.15, 0.2) is 33.2 Å². The molecule has 4 aromatic rings. The summed E-state index contributed by atoms with van der Waals surface area (Å²) in [5.74, 6) is -0.210. The van der Waals surface area contributed by atoms with Gasteiger partial charge in [0, 0.05) is 37.3 Å². The van der Waals surface area contributed by atoms with Crippen LogP contribution >= 0.6 is 22.9 Å². The minimum atomic E-state index is -0.541. The first kappa shape index (κ1) is 20.7. The first-order chi connectivity index (χ1) is 15.3. The Balaban J connectivity index is 1.49. The number of fused-ring (bicyclic) bond motifs is 2. The van der Waals surface area contributed by atoms with E-state index in [0.717, 1.165) is 38.5 Å². The summed E-state index contributed by atoms with van der Waals surface area (Å²) in [5.41, 5.74) is 3.10. The lowest BCUT2D eigenvalue weighted by atomic mass is 10.1. The van der Waals surface area contributed by atoms with E-state index >= 15 is 0 Å². The Morgan fingerprint density at radius 2 is 1.97 bits per heavy atom. The van der Waals surface area contributed by atoms with Gasteiger partial charge in [0.05, 0.1) is 10.7 Å². The van der Waals surface area contributed by atoms with Crippen molar-refractivity contribution in [2.24, 2.45) is 14.1 Å². The molecule has 1 aromatic carbocycles. The molecule has 0 aliphatic carbocycles. The van der Waals surface area contributed by atoms with Crippen molar-refractivity contribution in [3.8, 4) is 11.3 Å². The first-order valence-corrected chi connectivity index (χ1v) is 11.2. The molecule has 0 N–H and O–H groups in total. The van der Waals surface area contributed by atoms with Gasteiger partial charge in [0.1, 0.15) is 6.54 Å². The van der Waals surface area contributed by atoms with Crippen LogP contribution in [0.3, 0.4) is 0 Å². The number of carbonyl (C=O) groups is 1. The van der Waals surface area contributed by atoms with Crippen LogP contribution in [0, 0.1) is 6.92 Å². The Labute approximate surface area is 191 Å². The van der Waals surface area contributed by atoms with Crippen molar-refractivity contribution in [1.29, 1.82) is 0 Å². The topological polar surface area (TPSA) is 95.0 Å². The molecule has 5 rings (SSSR count). The van der Waals surface area contributed by atoms with Gasteiger partial charge in [0.2, 0.25) is 11.2 Å². The second-order valence-electron chi connectivity index (χ2n) is 7.74. The van der Waals surface area contributed by atoms with E-state index < -0.39 is 11.2 Å². The molecule has 0 spiro atoms. The van der Waals surface area contributed by atoms with Crippen molar-refractivity contribution in [2.75, 3.05) is 11.4 Å². The molecule has 0 bridgehead atoms. The molecule has 1 amide bonds. The van der Waals surface area contributed by atoms with Crippen LogP contribution in [-0.2, 0) is 31.9 Å². The molecule has 3 aromatic heterocycles. The van der Waals surface area contributed by atoms with E-state index in [1.807, 2.05) is 24.4 Å². The SMILES string of the molecule is Cc1nc(-c2ccc3c(c2)CCN3C(=O)Cn2c(Cl)nc3c2c(=O)n(C)c(=O)n3C)cs1. The highest BCUT2D eigenvalue weighted by molar-refractivity contribution is 7.09. The predicted octanol–water partition coefficient (Wildman–Crippen LogP) is 2.11. The summed E-state index contributed by atoms with van der Waals surface area (Å²) < 4.78 is 3.59. The van der Waals surface area contributed by atoms with E-state index in [0.29, 0.717) is 6.54 Å². The Morgan fingerprint density at radius 1 is 1.19 bits per heavy atom. The Bertz CT molecular complexity index is 1530. The highest BCUT2D eigenvalue weighted by Crippen LogP contribution is 2.33. The molecular weight excluding hydrogens is 452 g/mol. The zero-order chi connectivity index (χ0) is 22.7. The molecule has 0 unspecified atom stereocenters.